The smallest absolute Gasteiger partial charge is 0.0243 e. The highest BCUT2D eigenvalue weighted by atomic mass is 14.9. The molecule has 2 atom stereocenters. The maximum atomic E-state index is 4.82. The van der Waals surface area contributed by atoms with Crippen LogP contribution in [0.25, 0.3) is 0 Å². The number of hydrogen-bond donors (Lipinski definition) is 0. The topological polar surface area (TPSA) is 14.1 Å². The van der Waals surface area contributed by atoms with Gasteiger partial charge in [0.2, 0.25) is 0 Å². The van der Waals surface area contributed by atoms with Crippen LogP contribution in [0.2, 0.25) is 0 Å². The number of unbranched alkanes of at least 4 members (excludes halogenated alkanes) is 8. The van der Waals surface area contributed by atoms with Gasteiger partial charge in [0.05, 0.1) is 0 Å². The van der Waals surface area contributed by atoms with E-state index in [4.69, 9.17) is 5.32 Å². The first-order valence-corrected chi connectivity index (χ1v) is 8.88. The molecule has 0 heterocycles. The molecule has 0 saturated carbocycles. The summed E-state index contributed by atoms with van der Waals surface area (Å²) < 4.78 is 0. The van der Waals surface area contributed by atoms with Crippen LogP contribution >= 0.6 is 0 Å². The van der Waals surface area contributed by atoms with Gasteiger partial charge in [0.1, 0.15) is 0 Å². The average molecular weight is 269 g/mol. The van der Waals surface area contributed by atoms with Gasteiger partial charge in [-0.2, -0.15) is 0 Å². The number of rotatable bonds is 14. The van der Waals surface area contributed by atoms with Crippen molar-refractivity contribution in [1.29, 1.82) is 0 Å². The van der Waals surface area contributed by atoms with Gasteiger partial charge in [-0.25, -0.2) is 5.32 Å². The summed E-state index contributed by atoms with van der Waals surface area (Å²) in [6, 6.07) is 0.566. The van der Waals surface area contributed by atoms with Crippen molar-refractivity contribution in [2.24, 2.45) is 5.92 Å². The molecule has 0 aromatic rings. The molecule has 0 rings (SSSR count). The highest BCUT2D eigenvalue weighted by Gasteiger charge is 2.11. The SMILES string of the molecule is CCCCCCCCCC[N]C(C)C(C)CCCC. The van der Waals surface area contributed by atoms with Crippen LogP contribution in [0.5, 0.6) is 0 Å². The molecule has 0 aliphatic rings. The second-order valence-corrected chi connectivity index (χ2v) is 6.24. The Labute approximate surface area is 122 Å². The maximum Gasteiger partial charge on any atom is 0.0243 e. The van der Waals surface area contributed by atoms with Crippen LogP contribution in [0.15, 0.2) is 0 Å². The molecule has 1 nitrogen and oxygen atoms in total. The summed E-state index contributed by atoms with van der Waals surface area (Å²) >= 11 is 0. The molecule has 0 amide bonds. The van der Waals surface area contributed by atoms with E-state index in [0.29, 0.717) is 6.04 Å². The third kappa shape index (κ3) is 12.7. The molecule has 1 heteroatoms. The Balaban J connectivity index is 3.24. The molecule has 0 bridgehead atoms. The van der Waals surface area contributed by atoms with Crippen LogP contribution < -0.4 is 5.32 Å². The fourth-order valence-electron chi connectivity index (χ4n) is 2.49. The second-order valence-electron chi connectivity index (χ2n) is 6.24. The molecule has 0 fully saturated rings. The third-order valence-electron chi connectivity index (χ3n) is 4.27. The molecule has 0 saturated heterocycles. The van der Waals surface area contributed by atoms with E-state index in [0.717, 1.165) is 12.5 Å². The molecule has 0 aliphatic heterocycles. The summed E-state index contributed by atoms with van der Waals surface area (Å²) in [5, 5.41) is 4.82. The zero-order chi connectivity index (χ0) is 14.3. The van der Waals surface area contributed by atoms with Gasteiger partial charge in [-0.15, -0.1) is 0 Å². The van der Waals surface area contributed by atoms with Crippen molar-refractivity contribution in [2.75, 3.05) is 6.54 Å². The Kier molecular flexibility index (Phi) is 14.3. The van der Waals surface area contributed by atoms with Crippen LogP contribution in [0.4, 0.5) is 0 Å². The molecular weight excluding hydrogens is 230 g/mol. The zero-order valence-corrected chi connectivity index (χ0v) is 14.1. The summed E-state index contributed by atoms with van der Waals surface area (Å²) in [5.41, 5.74) is 0. The third-order valence-corrected chi connectivity index (χ3v) is 4.27. The molecule has 19 heavy (non-hydrogen) atoms. The van der Waals surface area contributed by atoms with E-state index in [1.54, 1.807) is 0 Å². The highest BCUT2D eigenvalue weighted by Crippen LogP contribution is 2.13. The first-order valence-electron chi connectivity index (χ1n) is 8.88. The van der Waals surface area contributed by atoms with Gasteiger partial charge < -0.3 is 0 Å². The predicted molar refractivity (Wildman–Crippen MR) is 87.8 cm³/mol. The van der Waals surface area contributed by atoms with Crippen LogP contribution in [-0.4, -0.2) is 12.6 Å². The lowest BCUT2D eigenvalue weighted by Crippen LogP contribution is -2.26. The van der Waals surface area contributed by atoms with E-state index in [2.05, 4.69) is 27.7 Å². The predicted octanol–water partition coefficient (Wildman–Crippen LogP) is 5.95. The van der Waals surface area contributed by atoms with Gasteiger partial charge in [0, 0.05) is 12.6 Å². The van der Waals surface area contributed by atoms with Gasteiger partial charge in [0.25, 0.3) is 0 Å². The van der Waals surface area contributed by atoms with Gasteiger partial charge in [-0.1, -0.05) is 78.6 Å². The van der Waals surface area contributed by atoms with E-state index < -0.39 is 0 Å². The van der Waals surface area contributed by atoms with Crippen molar-refractivity contribution in [3.63, 3.8) is 0 Å². The van der Waals surface area contributed by atoms with Gasteiger partial charge in [-0.05, 0) is 25.7 Å². The molecule has 0 aromatic carbocycles. The van der Waals surface area contributed by atoms with Gasteiger partial charge in [-0.3, -0.25) is 0 Å². The Morgan fingerprint density at radius 3 is 1.79 bits per heavy atom. The van der Waals surface area contributed by atoms with E-state index in [9.17, 15) is 0 Å². The summed E-state index contributed by atoms with van der Waals surface area (Å²) in [7, 11) is 0. The molecule has 0 spiro atoms. The summed E-state index contributed by atoms with van der Waals surface area (Å²) in [6.07, 6.45) is 15.2. The Bertz CT molecular complexity index is 167. The molecular formula is C18H38N. The van der Waals surface area contributed by atoms with Crippen molar-refractivity contribution in [3.05, 3.63) is 0 Å². The Morgan fingerprint density at radius 2 is 1.21 bits per heavy atom. The van der Waals surface area contributed by atoms with Crippen LogP contribution in [0.1, 0.15) is 98.3 Å². The van der Waals surface area contributed by atoms with Crippen LogP contribution in [-0.2, 0) is 0 Å². The van der Waals surface area contributed by atoms with Gasteiger partial charge >= 0.3 is 0 Å². The molecule has 2 unspecified atom stereocenters. The first kappa shape index (κ1) is 19.0. The molecule has 0 aromatic heterocycles. The fraction of sp³-hybridized carbons (Fsp3) is 1.00. The summed E-state index contributed by atoms with van der Waals surface area (Å²) in [4.78, 5) is 0. The monoisotopic (exact) mass is 268 g/mol. The lowest BCUT2D eigenvalue weighted by Gasteiger charge is -2.19. The molecule has 1 radical (unpaired) electrons. The average Bonchev–Trinajstić information content (AvgIpc) is 2.42. The molecule has 0 N–H and O–H groups in total. The second kappa shape index (κ2) is 14.4. The first-order chi connectivity index (χ1) is 9.22. The minimum absolute atomic E-state index is 0.566. The van der Waals surface area contributed by atoms with Crippen molar-refractivity contribution >= 4 is 0 Å². The number of nitrogens with zero attached hydrogens (tertiary/aromatic N) is 1. The quantitative estimate of drug-likeness (QED) is 0.346. The molecule has 0 aliphatic carbocycles. The maximum absolute atomic E-state index is 4.82. The minimum atomic E-state index is 0.566. The number of hydrogen-bond acceptors (Lipinski definition) is 0. The lowest BCUT2D eigenvalue weighted by molar-refractivity contribution is 0.360. The van der Waals surface area contributed by atoms with Crippen molar-refractivity contribution in [2.45, 2.75) is 104 Å². The standard InChI is InChI=1S/C18H38N/c1-5-7-9-10-11-12-13-14-16-19-18(4)17(3)15-8-6-2/h17-18H,5-16H2,1-4H3. The van der Waals surface area contributed by atoms with Crippen molar-refractivity contribution < 1.29 is 0 Å². The highest BCUT2D eigenvalue weighted by molar-refractivity contribution is 4.67. The fourth-order valence-corrected chi connectivity index (χ4v) is 2.49. The van der Waals surface area contributed by atoms with Crippen molar-refractivity contribution in [3.8, 4) is 0 Å². The van der Waals surface area contributed by atoms with E-state index in [-0.39, 0.29) is 0 Å². The minimum Gasteiger partial charge on any atom is -0.238 e. The van der Waals surface area contributed by atoms with Crippen molar-refractivity contribution in [1.82, 2.24) is 5.32 Å². The van der Waals surface area contributed by atoms with Crippen LogP contribution in [0, 0.1) is 5.92 Å². The molecule has 115 valence electrons. The van der Waals surface area contributed by atoms with Crippen LogP contribution in [0.3, 0.4) is 0 Å². The van der Waals surface area contributed by atoms with E-state index in [1.165, 1.54) is 70.6 Å². The largest absolute Gasteiger partial charge is 0.238 e. The summed E-state index contributed by atoms with van der Waals surface area (Å²) in [6.45, 7) is 10.3. The zero-order valence-electron chi connectivity index (χ0n) is 14.1. The lowest BCUT2D eigenvalue weighted by atomic mass is 9.97. The van der Waals surface area contributed by atoms with E-state index in [1.807, 2.05) is 0 Å². The summed E-state index contributed by atoms with van der Waals surface area (Å²) in [5.74, 6) is 0.772. The van der Waals surface area contributed by atoms with Gasteiger partial charge in [0.15, 0.2) is 0 Å². The normalized spacial score (nSPS) is 14.5. The van der Waals surface area contributed by atoms with E-state index >= 15 is 0 Å². The Morgan fingerprint density at radius 1 is 0.684 bits per heavy atom. The Hall–Kier alpha value is -0.0400.